The van der Waals surface area contributed by atoms with Crippen LogP contribution in [0.2, 0.25) is 0 Å². The summed E-state index contributed by atoms with van der Waals surface area (Å²) in [6.45, 7) is 0. The van der Waals surface area contributed by atoms with Crippen molar-refractivity contribution in [2.75, 3.05) is 0 Å². The predicted octanol–water partition coefficient (Wildman–Crippen LogP) is 4.33. The standard InChI is InChI=1S/C23H19F4N5O/c24-17-4-1-3-16(20(17)21-28-7-2-8-29-21)22(33)32-15-5-6-18(32)13(9-15)10-19-30-11-14(12-31-19)23(25,26)27/h1-4,7-8,11-13,15,18H,5-6,9-10H2. The number of alkyl halides is 3. The van der Waals surface area contributed by atoms with Gasteiger partial charge in [0.1, 0.15) is 11.6 Å². The van der Waals surface area contributed by atoms with Gasteiger partial charge in [0.25, 0.3) is 5.91 Å². The number of carbonyl (C=O) groups is 1. The van der Waals surface area contributed by atoms with Gasteiger partial charge in [0, 0.05) is 43.3 Å². The summed E-state index contributed by atoms with van der Waals surface area (Å²) in [6.07, 6.45) is 2.74. The molecule has 33 heavy (non-hydrogen) atoms. The Bertz CT molecular complexity index is 1170. The number of amides is 1. The molecule has 170 valence electrons. The number of hydrogen-bond donors (Lipinski definition) is 0. The molecule has 2 fully saturated rings. The van der Waals surface area contributed by atoms with Crippen LogP contribution in [0.15, 0.2) is 49.1 Å². The maximum atomic E-state index is 14.7. The van der Waals surface area contributed by atoms with Crippen molar-refractivity contribution in [1.82, 2.24) is 24.8 Å². The van der Waals surface area contributed by atoms with Gasteiger partial charge in [0.2, 0.25) is 0 Å². The van der Waals surface area contributed by atoms with Crippen LogP contribution < -0.4 is 0 Å². The van der Waals surface area contributed by atoms with Crippen LogP contribution in [0.1, 0.15) is 41.0 Å². The van der Waals surface area contributed by atoms with Crippen LogP contribution in [-0.4, -0.2) is 42.8 Å². The quantitative estimate of drug-likeness (QED) is 0.546. The van der Waals surface area contributed by atoms with Crippen LogP contribution in [0.4, 0.5) is 17.6 Å². The molecule has 3 atom stereocenters. The minimum Gasteiger partial charge on any atom is -0.332 e. The van der Waals surface area contributed by atoms with Gasteiger partial charge in [-0.1, -0.05) is 6.07 Å². The van der Waals surface area contributed by atoms with E-state index in [1.54, 1.807) is 17.0 Å². The molecular formula is C23H19F4N5O. The first-order chi connectivity index (χ1) is 15.8. The highest BCUT2D eigenvalue weighted by Crippen LogP contribution is 2.44. The summed E-state index contributed by atoms with van der Waals surface area (Å²) in [5.74, 6) is -0.389. The minimum atomic E-state index is -4.49. The molecule has 0 radical (unpaired) electrons. The maximum Gasteiger partial charge on any atom is 0.419 e. The summed E-state index contributed by atoms with van der Waals surface area (Å²) in [5, 5.41) is 0. The number of fused-ring (bicyclic) bond motifs is 2. The molecule has 0 aliphatic carbocycles. The lowest BCUT2D eigenvalue weighted by Crippen LogP contribution is -2.37. The largest absolute Gasteiger partial charge is 0.419 e. The summed E-state index contributed by atoms with van der Waals surface area (Å²) < 4.78 is 53.0. The summed E-state index contributed by atoms with van der Waals surface area (Å²) in [6, 6.07) is 5.81. The normalized spacial score (nSPS) is 22.1. The fourth-order valence-electron chi connectivity index (χ4n) is 4.99. The average molecular weight is 457 g/mol. The smallest absolute Gasteiger partial charge is 0.332 e. The first-order valence-corrected chi connectivity index (χ1v) is 10.6. The van der Waals surface area contributed by atoms with Crippen LogP contribution >= 0.6 is 0 Å². The zero-order valence-electron chi connectivity index (χ0n) is 17.3. The van der Waals surface area contributed by atoms with Crippen molar-refractivity contribution in [3.05, 3.63) is 71.8 Å². The van der Waals surface area contributed by atoms with E-state index in [9.17, 15) is 22.4 Å². The topological polar surface area (TPSA) is 71.9 Å². The third-order valence-electron chi connectivity index (χ3n) is 6.41. The SMILES string of the molecule is O=C(c1cccc(F)c1-c1ncccn1)N1C2CCC1C(Cc1ncc(C(F)(F)F)cn1)C2. The molecule has 2 bridgehead atoms. The van der Waals surface area contributed by atoms with Gasteiger partial charge in [-0.25, -0.2) is 24.3 Å². The van der Waals surface area contributed by atoms with Crippen LogP contribution in [0.25, 0.3) is 11.4 Å². The van der Waals surface area contributed by atoms with Gasteiger partial charge in [-0.3, -0.25) is 4.79 Å². The van der Waals surface area contributed by atoms with Gasteiger partial charge >= 0.3 is 6.18 Å². The van der Waals surface area contributed by atoms with Crippen molar-refractivity contribution in [3.63, 3.8) is 0 Å². The van der Waals surface area contributed by atoms with Crippen LogP contribution in [0.3, 0.4) is 0 Å². The van der Waals surface area contributed by atoms with Gasteiger partial charge < -0.3 is 4.90 Å². The van der Waals surface area contributed by atoms with Crippen molar-refractivity contribution in [2.45, 2.75) is 43.9 Å². The second-order valence-corrected chi connectivity index (χ2v) is 8.33. The number of benzene rings is 1. The highest BCUT2D eigenvalue weighted by atomic mass is 19.4. The summed E-state index contributed by atoms with van der Waals surface area (Å²) in [7, 11) is 0. The van der Waals surface area contributed by atoms with Gasteiger partial charge in [0.15, 0.2) is 5.82 Å². The van der Waals surface area contributed by atoms with E-state index in [2.05, 4.69) is 19.9 Å². The van der Waals surface area contributed by atoms with E-state index in [1.807, 2.05) is 0 Å². The molecule has 1 amide bonds. The molecule has 3 aromatic rings. The van der Waals surface area contributed by atoms with E-state index >= 15 is 0 Å². The van der Waals surface area contributed by atoms with E-state index in [4.69, 9.17) is 0 Å². The maximum absolute atomic E-state index is 14.7. The monoisotopic (exact) mass is 457 g/mol. The number of hydrogen-bond acceptors (Lipinski definition) is 5. The molecule has 2 aliphatic heterocycles. The number of carbonyl (C=O) groups excluding carboxylic acids is 1. The Kier molecular flexibility index (Phi) is 5.30. The lowest BCUT2D eigenvalue weighted by molar-refractivity contribution is -0.138. The fraction of sp³-hybridized carbons (Fsp3) is 0.348. The Hall–Kier alpha value is -3.43. The number of aromatic nitrogens is 4. The highest BCUT2D eigenvalue weighted by molar-refractivity contribution is 6.01. The molecule has 10 heteroatoms. The first-order valence-electron chi connectivity index (χ1n) is 10.6. The molecule has 2 saturated heterocycles. The first kappa shape index (κ1) is 21.4. The third-order valence-corrected chi connectivity index (χ3v) is 6.41. The van der Waals surface area contributed by atoms with Gasteiger partial charge in [0.05, 0.1) is 16.7 Å². The Morgan fingerprint density at radius 1 is 1.03 bits per heavy atom. The summed E-state index contributed by atoms with van der Waals surface area (Å²) >= 11 is 0. The molecule has 0 saturated carbocycles. The number of rotatable bonds is 4. The molecule has 2 aromatic heterocycles. The van der Waals surface area contributed by atoms with Crippen molar-refractivity contribution < 1.29 is 22.4 Å². The van der Waals surface area contributed by atoms with Crippen molar-refractivity contribution in [1.29, 1.82) is 0 Å². The molecular weight excluding hydrogens is 438 g/mol. The van der Waals surface area contributed by atoms with Gasteiger partial charge in [-0.15, -0.1) is 0 Å². The third kappa shape index (κ3) is 3.94. The molecule has 4 heterocycles. The lowest BCUT2D eigenvalue weighted by atomic mass is 9.86. The van der Waals surface area contributed by atoms with Crippen LogP contribution in [0, 0.1) is 11.7 Å². The second kappa shape index (κ2) is 8.17. The molecule has 5 rings (SSSR count). The Morgan fingerprint density at radius 2 is 1.76 bits per heavy atom. The zero-order chi connectivity index (χ0) is 23.2. The fourth-order valence-corrected chi connectivity index (χ4v) is 4.99. The molecule has 6 nitrogen and oxygen atoms in total. The Morgan fingerprint density at radius 3 is 2.45 bits per heavy atom. The number of nitrogens with zero attached hydrogens (tertiary/aromatic N) is 5. The summed E-state index contributed by atoms with van der Waals surface area (Å²) in [4.78, 5) is 31.3. The lowest BCUT2D eigenvalue weighted by Gasteiger charge is -2.25. The van der Waals surface area contributed by atoms with E-state index in [1.165, 1.54) is 24.5 Å². The molecule has 0 N–H and O–H groups in total. The van der Waals surface area contributed by atoms with Crippen molar-refractivity contribution in [2.24, 2.45) is 5.92 Å². The predicted molar refractivity (Wildman–Crippen MR) is 109 cm³/mol. The van der Waals surface area contributed by atoms with Crippen molar-refractivity contribution >= 4 is 5.91 Å². The van der Waals surface area contributed by atoms with E-state index in [0.717, 1.165) is 25.2 Å². The van der Waals surface area contributed by atoms with E-state index in [0.29, 0.717) is 18.7 Å². The number of halogens is 4. The second-order valence-electron chi connectivity index (χ2n) is 8.33. The zero-order valence-corrected chi connectivity index (χ0v) is 17.3. The Balaban J connectivity index is 1.39. The van der Waals surface area contributed by atoms with E-state index < -0.39 is 17.6 Å². The van der Waals surface area contributed by atoms with Crippen molar-refractivity contribution in [3.8, 4) is 11.4 Å². The van der Waals surface area contributed by atoms with Gasteiger partial charge in [-0.2, -0.15) is 13.2 Å². The van der Waals surface area contributed by atoms with Crippen LogP contribution in [-0.2, 0) is 12.6 Å². The van der Waals surface area contributed by atoms with E-state index in [-0.39, 0.29) is 40.9 Å². The highest BCUT2D eigenvalue weighted by Gasteiger charge is 2.49. The molecule has 2 aliphatic rings. The summed E-state index contributed by atoms with van der Waals surface area (Å²) in [5.41, 5.74) is -0.626. The Labute approximate surface area is 186 Å². The molecule has 1 aromatic carbocycles. The van der Waals surface area contributed by atoms with Crippen LogP contribution in [0.5, 0.6) is 0 Å². The molecule has 0 spiro atoms. The van der Waals surface area contributed by atoms with Gasteiger partial charge in [-0.05, 0) is 43.4 Å². The minimum absolute atomic E-state index is 0.0187. The average Bonchev–Trinajstić information content (AvgIpc) is 3.36. The molecule has 3 unspecified atom stereocenters.